The fourth-order valence-electron chi connectivity index (χ4n) is 1.75. The molecule has 2 aromatic rings. The number of nitrogens with zero attached hydrogens (tertiary/aromatic N) is 1. The molecule has 0 bridgehead atoms. The lowest BCUT2D eigenvalue weighted by molar-refractivity contribution is 0.464. The SMILES string of the molecule is Oc1cccc(Cl)c1CNCCCc1ncc[nH]1. The summed E-state index contributed by atoms with van der Waals surface area (Å²) in [6.45, 7) is 1.43. The van der Waals surface area contributed by atoms with Crippen molar-refractivity contribution in [1.82, 2.24) is 15.3 Å². The zero-order chi connectivity index (χ0) is 12.8. The molecule has 0 aliphatic rings. The van der Waals surface area contributed by atoms with Crippen LogP contribution < -0.4 is 5.32 Å². The standard InChI is InChI=1S/C13H16ClN3O/c14-11-3-1-4-12(18)10(11)9-15-6-2-5-13-16-7-8-17-13/h1,3-4,7-8,15,18H,2,5-6,9H2,(H,16,17). The zero-order valence-electron chi connectivity index (χ0n) is 9.99. The third-order valence-corrected chi connectivity index (χ3v) is 3.07. The minimum absolute atomic E-state index is 0.237. The molecule has 4 nitrogen and oxygen atoms in total. The molecule has 1 aromatic heterocycles. The molecule has 3 N–H and O–H groups in total. The number of aromatic nitrogens is 2. The average molecular weight is 266 g/mol. The van der Waals surface area contributed by atoms with Gasteiger partial charge >= 0.3 is 0 Å². The van der Waals surface area contributed by atoms with Gasteiger partial charge in [0.05, 0.1) is 0 Å². The summed E-state index contributed by atoms with van der Waals surface area (Å²) in [7, 11) is 0. The van der Waals surface area contributed by atoms with Gasteiger partial charge in [-0.05, 0) is 25.1 Å². The van der Waals surface area contributed by atoms with Crippen LogP contribution in [0.25, 0.3) is 0 Å². The highest BCUT2D eigenvalue weighted by molar-refractivity contribution is 6.31. The number of halogens is 1. The average Bonchev–Trinajstić information content (AvgIpc) is 2.85. The maximum atomic E-state index is 9.66. The molecular weight excluding hydrogens is 250 g/mol. The Morgan fingerprint density at radius 1 is 1.39 bits per heavy atom. The van der Waals surface area contributed by atoms with E-state index < -0.39 is 0 Å². The number of imidazole rings is 1. The third kappa shape index (κ3) is 3.48. The molecule has 0 saturated carbocycles. The van der Waals surface area contributed by atoms with Crippen molar-refractivity contribution in [2.24, 2.45) is 0 Å². The van der Waals surface area contributed by atoms with Gasteiger partial charge in [0, 0.05) is 35.9 Å². The predicted octanol–water partition coefficient (Wildman–Crippen LogP) is 2.49. The molecule has 0 aliphatic heterocycles. The first-order valence-corrected chi connectivity index (χ1v) is 6.30. The molecule has 5 heteroatoms. The van der Waals surface area contributed by atoms with Gasteiger partial charge in [0.15, 0.2) is 0 Å². The van der Waals surface area contributed by atoms with Gasteiger partial charge in [0.2, 0.25) is 0 Å². The van der Waals surface area contributed by atoms with E-state index in [4.69, 9.17) is 11.6 Å². The number of hydrogen-bond donors (Lipinski definition) is 3. The van der Waals surface area contributed by atoms with Gasteiger partial charge in [-0.3, -0.25) is 0 Å². The number of hydrogen-bond acceptors (Lipinski definition) is 3. The number of phenolic OH excluding ortho intramolecular Hbond substituents is 1. The lowest BCUT2D eigenvalue weighted by Crippen LogP contribution is -2.15. The van der Waals surface area contributed by atoms with E-state index in [0.29, 0.717) is 11.6 Å². The summed E-state index contributed by atoms with van der Waals surface area (Å²) in [5.74, 6) is 1.23. The van der Waals surface area contributed by atoms with Gasteiger partial charge in [-0.1, -0.05) is 17.7 Å². The monoisotopic (exact) mass is 265 g/mol. The Bertz CT molecular complexity index is 465. The molecule has 0 fully saturated rings. The van der Waals surface area contributed by atoms with E-state index in [1.165, 1.54) is 0 Å². The highest BCUT2D eigenvalue weighted by Crippen LogP contribution is 2.24. The molecule has 0 unspecified atom stereocenters. The van der Waals surface area contributed by atoms with Gasteiger partial charge < -0.3 is 15.4 Å². The Balaban J connectivity index is 1.72. The van der Waals surface area contributed by atoms with Crippen LogP contribution in [0.1, 0.15) is 17.8 Å². The van der Waals surface area contributed by atoms with Gasteiger partial charge in [-0.25, -0.2) is 4.98 Å². The van der Waals surface area contributed by atoms with E-state index in [2.05, 4.69) is 15.3 Å². The molecule has 2 rings (SSSR count). The van der Waals surface area contributed by atoms with Crippen LogP contribution >= 0.6 is 11.6 Å². The van der Waals surface area contributed by atoms with Crippen LogP contribution in [0.5, 0.6) is 5.75 Å². The Morgan fingerprint density at radius 3 is 3.00 bits per heavy atom. The van der Waals surface area contributed by atoms with Crippen LogP contribution in [0.15, 0.2) is 30.6 Å². The number of benzene rings is 1. The second-order valence-corrected chi connectivity index (χ2v) is 4.46. The minimum Gasteiger partial charge on any atom is -0.508 e. The number of aromatic amines is 1. The first-order valence-electron chi connectivity index (χ1n) is 5.92. The third-order valence-electron chi connectivity index (χ3n) is 2.72. The van der Waals surface area contributed by atoms with Crippen LogP contribution in [-0.2, 0) is 13.0 Å². The molecule has 1 heterocycles. The number of phenols is 1. The van der Waals surface area contributed by atoms with E-state index in [0.717, 1.165) is 30.8 Å². The van der Waals surface area contributed by atoms with Gasteiger partial charge in [-0.15, -0.1) is 0 Å². The van der Waals surface area contributed by atoms with Gasteiger partial charge in [0.1, 0.15) is 11.6 Å². The smallest absolute Gasteiger partial charge is 0.121 e. The summed E-state index contributed by atoms with van der Waals surface area (Å²) in [6.07, 6.45) is 5.47. The van der Waals surface area contributed by atoms with Crippen molar-refractivity contribution in [3.8, 4) is 5.75 Å². The van der Waals surface area contributed by atoms with Crippen molar-refractivity contribution in [2.45, 2.75) is 19.4 Å². The van der Waals surface area contributed by atoms with Crippen LogP contribution in [0, 0.1) is 0 Å². The van der Waals surface area contributed by atoms with Gasteiger partial charge in [-0.2, -0.15) is 0 Å². The molecule has 0 saturated heterocycles. The molecule has 0 radical (unpaired) electrons. The topological polar surface area (TPSA) is 60.9 Å². The van der Waals surface area contributed by atoms with Gasteiger partial charge in [0.25, 0.3) is 0 Å². The molecule has 0 spiro atoms. The predicted molar refractivity (Wildman–Crippen MR) is 71.7 cm³/mol. The minimum atomic E-state index is 0.237. The number of rotatable bonds is 6. The Labute approximate surface area is 111 Å². The maximum absolute atomic E-state index is 9.66. The number of aromatic hydroxyl groups is 1. The molecule has 0 aliphatic carbocycles. The second kappa shape index (κ2) is 6.42. The molecule has 0 atom stereocenters. The number of aryl methyl sites for hydroxylation is 1. The van der Waals surface area contributed by atoms with Crippen molar-refractivity contribution in [3.63, 3.8) is 0 Å². The lowest BCUT2D eigenvalue weighted by atomic mass is 10.2. The fourth-order valence-corrected chi connectivity index (χ4v) is 1.99. The first-order chi connectivity index (χ1) is 8.77. The summed E-state index contributed by atoms with van der Waals surface area (Å²) >= 11 is 6.01. The summed E-state index contributed by atoms with van der Waals surface area (Å²) in [5.41, 5.74) is 0.747. The fraction of sp³-hybridized carbons (Fsp3) is 0.308. The van der Waals surface area contributed by atoms with Crippen molar-refractivity contribution in [2.75, 3.05) is 6.54 Å². The van der Waals surface area contributed by atoms with Crippen molar-refractivity contribution >= 4 is 11.6 Å². The molecule has 18 heavy (non-hydrogen) atoms. The summed E-state index contributed by atoms with van der Waals surface area (Å²) in [6, 6.07) is 5.16. The van der Waals surface area contributed by atoms with Crippen molar-refractivity contribution in [3.05, 3.63) is 47.0 Å². The summed E-state index contributed by atoms with van der Waals surface area (Å²) in [5, 5.41) is 13.5. The largest absolute Gasteiger partial charge is 0.508 e. The zero-order valence-corrected chi connectivity index (χ0v) is 10.7. The maximum Gasteiger partial charge on any atom is 0.121 e. The summed E-state index contributed by atoms with van der Waals surface area (Å²) < 4.78 is 0. The number of H-pyrrole nitrogens is 1. The van der Waals surface area contributed by atoms with Crippen LogP contribution in [0.2, 0.25) is 5.02 Å². The quantitative estimate of drug-likeness (QED) is 0.704. The van der Waals surface area contributed by atoms with E-state index >= 15 is 0 Å². The van der Waals surface area contributed by atoms with E-state index in [9.17, 15) is 5.11 Å². The number of nitrogens with one attached hydrogen (secondary N) is 2. The van der Waals surface area contributed by atoms with Crippen LogP contribution in [0.4, 0.5) is 0 Å². The Kier molecular flexibility index (Phi) is 4.61. The highest BCUT2D eigenvalue weighted by atomic mass is 35.5. The molecule has 1 aromatic carbocycles. The summed E-state index contributed by atoms with van der Waals surface area (Å²) in [4.78, 5) is 7.22. The normalized spacial score (nSPS) is 10.7. The Hall–Kier alpha value is -1.52. The molecule has 0 amide bonds. The lowest BCUT2D eigenvalue weighted by Gasteiger charge is -2.08. The second-order valence-electron chi connectivity index (χ2n) is 4.05. The Morgan fingerprint density at radius 2 is 2.28 bits per heavy atom. The molecule has 96 valence electrons. The molecular formula is C13H16ClN3O. The van der Waals surface area contributed by atoms with E-state index in [1.807, 2.05) is 6.20 Å². The van der Waals surface area contributed by atoms with E-state index in [1.54, 1.807) is 24.4 Å². The first kappa shape index (κ1) is 12.9. The highest BCUT2D eigenvalue weighted by Gasteiger charge is 2.04. The van der Waals surface area contributed by atoms with Crippen molar-refractivity contribution in [1.29, 1.82) is 0 Å². The van der Waals surface area contributed by atoms with Crippen LogP contribution in [-0.4, -0.2) is 21.6 Å². The van der Waals surface area contributed by atoms with E-state index in [-0.39, 0.29) is 5.75 Å². The van der Waals surface area contributed by atoms with Crippen molar-refractivity contribution < 1.29 is 5.11 Å². The van der Waals surface area contributed by atoms with Crippen LogP contribution in [0.3, 0.4) is 0 Å².